The standard InChI is InChI=1S/C39H68N2/c1-3-5-7-9-10-11-13-15-17-32-18-22-34(23-19-32)35-26-28-36(29-27-35)38-30-40-39(41-31-38)37-24-20-33(21-25-37)16-14-12-8-6-4-2/h30-37H,3-29H2,1-2H3. The summed E-state index contributed by atoms with van der Waals surface area (Å²) in [7, 11) is 0. The van der Waals surface area contributed by atoms with E-state index in [0.29, 0.717) is 11.8 Å². The Bertz CT molecular complexity index is 763. The number of aromatic nitrogens is 2. The third-order valence-corrected chi connectivity index (χ3v) is 11.9. The molecule has 0 amide bonds. The van der Waals surface area contributed by atoms with Crippen LogP contribution in [0.4, 0.5) is 0 Å². The smallest absolute Gasteiger partial charge is 0.131 e. The van der Waals surface area contributed by atoms with Crippen molar-refractivity contribution in [1.82, 2.24) is 9.97 Å². The molecule has 0 bridgehead atoms. The molecule has 0 radical (unpaired) electrons. The lowest BCUT2D eigenvalue weighted by molar-refractivity contribution is 0.155. The van der Waals surface area contributed by atoms with E-state index in [9.17, 15) is 0 Å². The lowest BCUT2D eigenvalue weighted by Gasteiger charge is -2.38. The first kappa shape index (κ1) is 33.0. The second kappa shape index (κ2) is 19.4. The van der Waals surface area contributed by atoms with Gasteiger partial charge in [-0.3, -0.25) is 0 Å². The maximum atomic E-state index is 4.96. The van der Waals surface area contributed by atoms with Gasteiger partial charge in [0.25, 0.3) is 0 Å². The van der Waals surface area contributed by atoms with Gasteiger partial charge in [-0.1, -0.05) is 123 Å². The minimum Gasteiger partial charge on any atom is -0.241 e. The first-order chi connectivity index (χ1) is 20.3. The van der Waals surface area contributed by atoms with Crippen molar-refractivity contribution in [3.63, 3.8) is 0 Å². The summed E-state index contributed by atoms with van der Waals surface area (Å²) in [5, 5.41) is 0. The predicted octanol–water partition coefficient (Wildman–Crippen LogP) is 12.7. The van der Waals surface area contributed by atoms with E-state index in [4.69, 9.17) is 9.97 Å². The zero-order valence-corrected chi connectivity index (χ0v) is 27.6. The number of hydrogen-bond acceptors (Lipinski definition) is 2. The molecule has 1 aromatic heterocycles. The van der Waals surface area contributed by atoms with Crippen molar-refractivity contribution in [1.29, 1.82) is 0 Å². The summed E-state index contributed by atoms with van der Waals surface area (Å²) in [6, 6.07) is 0. The van der Waals surface area contributed by atoms with Crippen LogP contribution in [0.15, 0.2) is 12.4 Å². The molecule has 0 unspecified atom stereocenters. The quantitative estimate of drug-likeness (QED) is 0.166. The van der Waals surface area contributed by atoms with E-state index in [1.165, 1.54) is 179 Å². The predicted molar refractivity (Wildman–Crippen MR) is 177 cm³/mol. The molecule has 0 N–H and O–H groups in total. The van der Waals surface area contributed by atoms with Crippen molar-refractivity contribution in [2.45, 2.75) is 199 Å². The molecule has 1 heterocycles. The van der Waals surface area contributed by atoms with Crippen molar-refractivity contribution >= 4 is 0 Å². The van der Waals surface area contributed by atoms with Crippen LogP contribution in [0.25, 0.3) is 0 Å². The summed E-state index contributed by atoms with van der Waals surface area (Å²) in [6.07, 6.45) is 43.4. The highest BCUT2D eigenvalue weighted by Gasteiger charge is 2.31. The number of nitrogens with zero attached hydrogens (tertiary/aromatic N) is 2. The van der Waals surface area contributed by atoms with E-state index in [0.717, 1.165) is 29.5 Å². The van der Waals surface area contributed by atoms with Gasteiger partial charge in [-0.2, -0.15) is 0 Å². The van der Waals surface area contributed by atoms with Crippen LogP contribution < -0.4 is 0 Å². The first-order valence-electron chi connectivity index (χ1n) is 19.1. The molecule has 3 fully saturated rings. The van der Waals surface area contributed by atoms with Crippen molar-refractivity contribution in [2.75, 3.05) is 0 Å². The molecule has 0 saturated heterocycles. The highest BCUT2D eigenvalue weighted by atomic mass is 14.9. The van der Waals surface area contributed by atoms with Crippen molar-refractivity contribution in [3.8, 4) is 0 Å². The van der Waals surface area contributed by atoms with Crippen LogP contribution in [0.1, 0.15) is 210 Å². The molecular weight excluding hydrogens is 496 g/mol. The minimum absolute atomic E-state index is 0.613. The zero-order chi connectivity index (χ0) is 28.5. The molecule has 3 saturated carbocycles. The zero-order valence-electron chi connectivity index (χ0n) is 27.6. The maximum Gasteiger partial charge on any atom is 0.131 e. The molecule has 41 heavy (non-hydrogen) atoms. The number of rotatable bonds is 18. The fourth-order valence-electron chi connectivity index (χ4n) is 8.95. The monoisotopic (exact) mass is 565 g/mol. The van der Waals surface area contributed by atoms with Gasteiger partial charge in [0.2, 0.25) is 0 Å². The largest absolute Gasteiger partial charge is 0.241 e. The lowest BCUT2D eigenvalue weighted by Crippen LogP contribution is -2.25. The third-order valence-electron chi connectivity index (χ3n) is 11.9. The molecule has 1 aromatic rings. The molecule has 0 aliphatic heterocycles. The second-order valence-electron chi connectivity index (χ2n) is 15.0. The van der Waals surface area contributed by atoms with Crippen molar-refractivity contribution in [3.05, 3.63) is 23.8 Å². The van der Waals surface area contributed by atoms with Crippen LogP contribution >= 0.6 is 0 Å². The van der Waals surface area contributed by atoms with Crippen LogP contribution in [0.2, 0.25) is 0 Å². The SMILES string of the molecule is CCCCCCCCCCC1CCC(C2CCC(c3cnc(C4CCC(CCCCCCC)CC4)nc3)CC2)CC1. The molecule has 234 valence electrons. The number of unbranched alkanes of at least 4 members (excludes halogenated alkanes) is 11. The summed E-state index contributed by atoms with van der Waals surface area (Å²) in [4.78, 5) is 9.91. The van der Waals surface area contributed by atoms with E-state index in [-0.39, 0.29) is 0 Å². The summed E-state index contributed by atoms with van der Waals surface area (Å²) < 4.78 is 0. The molecule has 0 aromatic carbocycles. The van der Waals surface area contributed by atoms with Crippen molar-refractivity contribution in [2.24, 2.45) is 23.7 Å². The molecule has 2 nitrogen and oxygen atoms in total. The molecule has 3 aliphatic carbocycles. The Kier molecular flexibility index (Phi) is 15.6. The maximum absolute atomic E-state index is 4.96. The molecule has 0 spiro atoms. The average Bonchev–Trinajstić information content (AvgIpc) is 3.03. The van der Waals surface area contributed by atoms with E-state index in [1.807, 2.05) is 0 Å². The van der Waals surface area contributed by atoms with Gasteiger partial charge in [-0.25, -0.2) is 9.97 Å². The normalized spacial score (nSPS) is 29.0. The van der Waals surface area contributed by atoms with Crippen LogP contribution in [-0.4, -0.2) is 9.97 Å². The Balaban J connectivity index is 1.07. The van der Waals surface area contributed by atoms with Gasteiger partial charge in [-0.15, -0.1) is 0 Å². The van der Waals surface area contributed by atoms with Gasteiger partial charge in [-0.05, 0) is 99.4 Å². The van der Waals surface area contributed by atoms with E-state index < -0.39 is 0 Å². The topological polar surface area (TPSA) is 25.8 Å². The van der Waals surface area contributed by atoms with Crippen LogP contribution in [0.5, 0.6) is 0 Å². The average molecular weight is 565 g/mol. The van der Waals surface area contributed by atoms with Crippen LogP contribution in [0.3, 0.4) is 0 Å². The fourth-order valence-corrected chi connectivity index (χ4v) is 8.95. The Hall–Kier alpha value is -0.920. The Morgan fingerprint density at radius 1 is 0.463 bits per heavy atom. The highest BCUT2D eigenvalue weighted by Crippen LogP contribution is 2.44. The fraction of sp³-hybridized carbons (Fsp3) is 0.897. The number of hydrogen-bond donors (Lipinski definition) is 0. The molecule has 3 aliphatic rings. The van der Waals surface area contributed by atoms with Crippen LogP contribution in [0, 0.1) is 23.7 Å². The van der Waals surface area contributed by atoms with Gasteiger partial charge >= 0.3 is 0 Å². The molecule has 4 rings (SSSR count). The minimum atomic E-state index is 0.613. The molecule has 2 heteroatoms. The van der Waals surface area contributed by atoms with E-state index in [2.05, 4.69) is 26.2 Å². The highest BCUT2D eigenvalue weighted by molar-refractivity contribution is 5.14. The van der Waals surface area contributed by atoms with Crippen LogP contribution in [-0.2, 0) is 0 Å². The van der Waals surface area contributed by atoms with E-state index >= 15 is 0 Å². The van der Waals surface area contributed by atoms with Gasteiger partial charge in [0, 0.05) is 18.3 Å². The molecular formula is C39H68N2. The van der Waals surface area contributed by atoms with Gasteiger partial charge in [0.1, 0.15) is 5.82 Å². The first-order valence-corrected chi connectivity index (χ1v) is 19.1. The summed E-state index contributed by atoms with van der Waals surface area (Å²) >= 11 is 0. The Morgan fingerprint density at radius 2 is 0.854 bits per heavy atom. The van der Waals surface area contributed by atoms with Crippen molar-refractivity contribution < 1.29 is 0 Å². The Labute approximate surface area is 256 Å². The summed E-state index contributed by atoms with van der Waals surface area (Å²) in [6.45, 7) is 4.63. The van der Waals surface area contributed by atoms with E-state index in [1.54, 1.807) is 0 Å². The summed E-state index contributed by atoms with van der Waals surface area (Å²) in [5.41, 5.74) is 1.43. The van der Waals surface area contributed by atoms with Gasteiger partial charge < -0.3 is 0 Å². The third kappa shape index (κ3) is 11.6. The summed E-state index contributed by atoms with van der Waals surface area (Å²) in [5.74, 6) is 6.50. The lowest BCUT2D eigenvalue weighted by atomic mass is 9.68. The molecule has 0 atom stereocenters. The van der Waals surface area contributed by atoms with Gasteiger partial charge in [0.15, 0.2) is 0 Å². The second-order valence-corrected chi connectivity index (χ2v) is 15.0. The Morgan fingerprint density at radius 3 is 1.34 bits per heavy atom. The van der Waals surface area contributed by atoms with Gasteiger partial charge in [0.05, 0.1) is 0 Å².